The van der Waals surface area contributed by atoms with Crippen LogP contribution in [0.25, 0.3) is 27.4 Å². The van der Waals surface area contributed by atoms with E-state index in [4.69, 9.17) is 11.6 Å². The minimum absolute atomic E-state index is 0.0340. The van der Waals surface area contributed by atoms with E-state index in [9.17, 15) is 25.8 Å². The Kier molecular flexibility index (Phi) is 5.14. The van der Waals surface area contributed by atoms with E-state index in [0.717, 1.165) is 10.9 Å². The molecule has 1 atom stereocenters. The molecule has 0 saturated heterocycles. The summed E-state index contributed by atoms with van der Waals surface area (Å²) < 4.78 is 77.6. The summed E-state index contributed by atoms with van der Waals surface area (Å²) in [6.45, 7) is 0. The average Bonchev–Trinajstić information content (AvgIpc) is 3.08. The molecule has 0 fully saturated rings. The lowest BCUT2D eigenvalue weighted by molar-refractivity contribution is -0.140. The summed E-state index contributed by atoms with van der Waals surface area (Å²) in [6, 6.07) is 11.2. The first-order valence-corrected chi connectivity index (χ1v) is 12.6. The first kappa shape index (κ1) is 21.8. The van der Waals surface area contributed by atoms with Crippen LogP contribution in [0.15, 0.2) is 58.3 Å². The fraction of sp³-hybridized carbons (Fsp3) is 0.150. The minimum Gasteiger partial charge on any atom is -0.255 e. The van der Waals surface area contributed by atoms with Crippen molar-refractivity contribution in [2.45, 2.75) is 16.0 Å². The van der Waals surface area contributed by atoms with E-state index in [1.54, 1.807) is 6.07 Å². The van der Waals surface area contributed by atoms with Gasteiger partial charge >= 0.3 is 6.18 Å². The SMILES string of the molecule is CS(=O)c1ccc2c(ccc3c(C(F)(F)F)nn(-c4ccc(S(C)(=O)=O)cc4)c32)c1Cl. The molecule has 3 aromatic carbocycles. The van der Waals surface area contributed by atoms with Gasteiger partial charge in [-0.15, -0.1) is 0 Å². The molecule has 1 unspecified atom stereocenters. The van der Waals surface area contributed by atoms with Gasteiger partial charge in [0.1, 0.15) is 0 Å². The Bertz CT molecular complexity index is 1480. The van der Waals surface area contributed by atoms with E-state index < -0.39 is 32.5 Å². The van der Waals surface area contributed by atoms with Crippen LogP contribution in [0.3, 0.4) is 0 Å². The second kappa shape index (κ2) is 7.32. The number of sulfone groups is 1. The molecule has 0 amide bonds. The van der Waals surface area contributed by atoms with Crippen molar-refractivity contribution in [1.82, 2.24) is 9.78 Å². The topological polar surface area (TPSA) is 69.0 Å². The molecule has 31 heavy (non-hydrogen) atoms. The first-order chi connectivity index (χ1) is 14.4. The molecule has 0 spiro atoms. The van der Waals surface area contributed by atoms with Crippen LogP contribution in [0.4, 0.5) is 13.2 Å². The van der Waals surface area contributed by atoms with Crippen molar-refractivity contribution in [1.29, 1.82) is 0 Å². The normalized spacial score (nSPS) is 13.7. The van der Waals surface area contributed by atoms with Crippen molar-refractivity contribution < 1.29 is 25.8 Å². The predicted molar refractivity (Wildman–Crippen MR) is 114 cm³/mol. The molecule has 0 aliphatic heterocycles. The molecular weight excluding hydrogens is 473 g/mol. The highest BCUT2D eigenvalue weighted by Crippen LogP contribution is 2.40. The first-order valence-electron chi connectivity index (χ1n) is 8.74. The van der Waals surface area contributed by atoms with Gasteiger partial charge in [-0.2, -0.15) is 18.3 Å². The summed E-state index contributed by atoms with van der Waals surface area (Å²) in [6.07, 6.45) is -2.21. The number of fused-ring (bicyclic) bond motifs is 3. The molecule has 1 aromatic heterocycles. The molecule has 0 aliphatic carbocycles. The molecule has 0 radical (unpaired) electrons. The van der Waals surface area contributed by atoms with Crippen LogP contribution in [0.2, 0.25) is 5.02 Å². The summed E-state index contributed by atoms with van der Waals surface area (Å²) in [4.78, 5) is 0.403. The van der Waals surface area contributed by atoms with Gasteiger partial charge < -0.3 is 0 Å². The zero-order valence-corrected chi connectivity index (χ0v) is 18.5. The smallest absolute Gasteiger partial charge is 0.255 e. The second-order valence-corrected chi connectivity index (χ2v) is 10.7. The van der Waals surface area contributed by atoms with Gasteiger partial charge in [-0.3, -0.25) is 4.21 Å². The Morgan fingerprint density at radius 1 is 0.968 bits per heavy atom. The second-order valence-electron chi connectivity index (χ2n) is 6.91. The van der Waals surface area contributed by atoms with E-state index in [0.29, 0.717) is 15.7 Å². The van der Waals surface area contributed by atoms with Crippen LogP contribution in [0.5, 0.6) is 0 Å². The molecule has 0 aliphatic rings. The zero-order valence-electron chi connectivity index (χ0n) is 16.1. The molecule has 0 N–H and O–H groups in total. The molecular formula is C20H14ClF3N2O3S2. The Hall–Kier alpha value is -2.43. The third-order valence-corrected chi connectivity index (χ3v) is 7.43. The number of halogens is 4. The predicted octanol–water partition coefficient (Wildman–Crippen LogP) is 4.99. The van der Waals surface area contributed by atoms with Crippen LogP contribution < -0.4 is 0 Å². The summed E-state index contributed by atoms with van der Waals surface area (Å²) in [5, 5.41) is 4.69. The van der Waals surface area contributed by atoms with Crippen molar-refractivity contribution in [3.05, 3.63) is 59.2 Å². The van der Waals surface area contributed by atoms with Gasteiger partial charge in [0, 0.05) is 28.7 Å². The molecule has 1 heterocycles. The summed E-state index contributed by atoms with van der Waals surface area (Å²) in [5.74, 6) is 0. The van der Waals surface area contributed by atoms with Gasteiger partial charge in [0.15, 0.2) is 15.5 Å². The maximum Gasteiger partial charge on any atom is 0.435 e. The standard InChI is InChI=1S/C20H14ClF3N2O3S2/c1-30(27)16-10-9-14-13(17(16)21)7-8-15-18(14)26(25-19(15)20(22,23)24)11-3-5-12(6-4-11)31(2,28)29/h3-10H,1-2H3. The van der Waals surface area contributed by atoms with E-state index in [2.05, 4.69) is 5.10 Å². The van der Waals surface area contributed by atoms with Gasteiger partial charge in [-0.05, 0) is 36.4 Å². The number of benzene rings is 3. The Balaban J connectivity index is 2.10. The maximum absolute atomic E-state index is 13.7. The number of nitrogens with zero attached hydrogens (tertiary/aromatic N) is 2. The lowest BCUT2D eigenvalue weighted by atomic mass is 10.1. The molecule has 4 rings (SSSR count). The van der Waals surface area contributed by atoms with Gasteiger partial charge in [0.25, 0.3) is 0 Å². The fourth-order valence-electron chi connectivity index (χ4n) is 3.41. The van der Waals surface area contributed by atoms with Gasteiger partial charge in [-0.25, -0.2) is 13.1 Å². The summed E-state index contributed by atoms with van der Waals surface area (Å²) in [7, 11) is -4.85. The van der Waals surface area contributed by atoms with Crippen molar-refractivity contribution in [2.75, 3.05) is 12.5 Å². The molecule has 4 aromatic rings. The summed E-state index contributed by atoms with van der Waals surface area (Å²) in [5.41, 5.74) is -0.664. The van der Waals surface area contributed by atoms with Crippen molar-refractivity contribution in [3.8, 4) is 5.69 Å². The highest BCUT2D eigenvalue weighted by Gasteiger charge is 2.37. The minimum atomic E-state index is -4.71. The van der Waals surface area contributed by atoms with Crippen molar-refractivity contribution >= 4 is 53.9 Å². The number of hydrogen-bond acceptors (Lipinski definition) is 4. The van der Waals surface area contributed by atoms with E-state index in [1.807, 2.05) is 0 Å². The Labute approximate surface area is 182 Å². The zero-order chi connectivity index (χ0) is 22.7. The highest BCUT2D eigenvalue weighted by molar-refractivity contribution is 7.90. The molecule has 0 bridgehead atoms. The largest absolute Gasteiger partial charge is 0.435 e. The number of alkyl halides is 3. The maximum atomic E-state index is 13.7. The van der Waals surface area contributed by atoms with E-state index in [-0.39, 0.29) is 26.5 Å². The van der Waals surface area contributed by atoms with Crippen LogP contribution in [-0.2, 0) is 26.8 Å². The van der Waals surface area contributed by atoms with E-state index >= 15 is 0 Å². The Morgan fingerprint density at radius 3 is 2.10 bits per heavy atom. The number of aromatic nitrogens is 2. The van der Waals surface area contributed by atoms with Gasteiger partial charge in [0.05, 0.1) is 36.8 Å². The van der Waals surface area contributed by atoms with Crippen molar-refractivity contribution in [3.63, 3.8) is 0 Å². The van der Waals surface area contributed by atoms with Crippen LogP contribution in [0, 0.1) is 0 Å². The molecule has 0 saturated carbocycles. The van der Waals surface area contributed by atoms with Crippen molar-refractivity contribution in [2.24, 2.45) is 0 Å². The third kappa shape index (κ3) is 3.72. The average molecular weight is 487 g/mol. The van der Waals surface area contributed by atoms with Crippen LogP contribution in [0.1, 0.15) is 5.69 Å². The highest BCUT2D eigenvalue weighted by atomic mass is 35.5. The number of hydrogen-bond donors (Lipinski definition) is 0. The van der Waals surface area contributed by atoms with E-state index in [1.165, 1.54) is 48.7 Å². The quantitative estimate of drug-likeness (QED) is 0.409. The molecule has 11 heteroatoms. The number of rotatable bonds is 3. The van der Waals surface area contributed by atoms with Crippen LogP contribution in [-0.4, -0.2) is 34.9 Å². The van der Waals surface area contributed by atoms with Crippen LogP contribution >= 0.6 is 11.6 Å². The fourth-order valence-corrected chi connectivity index (χ4v) is 5.22. The lowest BCUT2D eigenvalue weighted by Crippen LogP contribution is -2.07. The Morgan fingerprint density at radius 2 is 1.55 bits per heavy atom. The summed E-state index contributed by atoms with van der Waals surface area (Å²) >= 11 is 6.39. The van der Waals surface area contributed by atoms with Gasteiger partial charge in [0.2, 0.25) is 0 Å². The van der Waals surface area contributed by atoms with Gasteiger partial charge in [-0.1, -0.05) is 23.7 Å². The third-order valence-electron chi connectivity index (χ3n) is 4.83. The molecule has 162 valence electrons. The monoisotopic (exact) mass is 486 g/mol. The molecule has 5 nitrogen and oxygen atoms in total. The lowest BCUT2D eigenvalue weighted by Gasteiger charge is -2.10.